The first-order chi connectivity index (χ1) is 15.4. The fourth-order valence-electron chi connectivity index (χ4n) is 3.95. The molecule has 1 N–H and O–H groups in total. The second-order valence-electron chi connectivity index (χ2n) is 7.82. The van der Waals surface area contributed by atoms with Crippen LogP contribution in [0.3, 0.4) is 0 Å². The molecule has 2 heterocycles. The van der Waals surface area contributed by atoms with Gasteiger partial charge < -0.3 is 5.32 Å². The average Bonchev–Trinajstić information content (AvgIpc) is 2.79. The van der Waals surface area contributed by atoms with Crippen LogP contribution in [-0.4, -0.2) is 26.9 Å². The first kappa shape index (κ1) is 21.8. The molecular formula is C24H24F2N4O2. The van der Waals surface area contributed by atoms with E-state index in [0.29, 0.717) is 30.8 Å². The summed E-state index contributed by atoms with van der Waals surface area (Å²) in [6.07, 6.45) is 1.17. The second kappa shape index (κ2) is 9.40. The first-order valence-electron chi connectivity index (χ1n) is 10.6. The average molecular weight is 438 g/mol. The predicted octanol–water partition coefficient (Wildman–Crippen LogP) is 3.28. The monoisotopic (exact) mass is 438 g/mol. The van der Waals surface area contributed by atoms with Crippen LogP contribution in [0.25, 0.3) is 0 Å². The Morgan fingerprint density at radius 1 is 1.12 bits per heavy atom. The molecule has 0 unspecified atom stereocenters. The zero-order valence-electron chi connectivity index (χ0n) is 17.8. The SMILES string of the molecule is CCc1nc2c(c(=O)n1CC(=O)Nc1ccc(F)c(F)c1)CN(Cc1ccccc1)CC2. The van der Waals surface area contributed by atoms with Gasteiger partial charge in [0.05, 0.1) is 11.3 Å². The van der Waals surface area contributed by atoms with E-state index in [1.54, 1.807) is 0 Å². The number of rotatable bonds is 6. The minimum atomic E-state index is -1.05. The topological polar surface area (TPSA) is 67.2 Å². The molecule has 1 aliphatic rings. The van der Waals surface area contributed by atoms with E-state index in [4.69, 9.17) is 0 Å². The number of halogens is 2. The van der Waals surface area contributed by atoms with Gasteiger partial charge in [0.25, 0.3) is 5.56 Å². The van der Waals surface area contributed by atoms with Crippen LogP contribution in [0.2, 0.25) is 0 Å². The number of amides is 1. The van der Waals surface area contributed by atoms with Crippen molar-refractivity contribution in [1.82, 2.24) is 14.5 Å². The van der Waals surface area contributed by atoms with Crippen molar-refractivity contribution in [1.29, 1.82) is 0 Å². The zero-order chi connectivity index (χ0) is 22.7. The van der Waals surface area contributed by atoms with E-state index in [-0.39, 0.29) is 17.8 Å². The van der Waals surface area contributed by atoms with Crippen LogP contribution in [0.15, 0.2) is 53.3 Å². The lowest BCUT2D eigenvalue weighted by atomic mass is 10.1. The molecular weight excluding hydrogens is 414 g/mol. The number of fused-ring (bicyclic) bond motifs is 1. The molecule has 0 spiro atoms. The van der Waals surface area contributed by atoms with Gasteiger partial charge in [-0.05, 0) is 17.7 Å². The van der Waals surface area contributed by atoms with E-state index in [9.17, 15) is 18.4 Å². The van der Waals surface area contributed by atoms with Gasteiger partial charge in [0.1, 0.15) is 12.4 Å². The molecule has 3 aromatic rings. The molecule has 32 heavy (non-hydrogen) atoms. The fraction of sp³-hybridized carbons (Fsp3) is 0.292. The van der Waals surface area contributed by atoms with Crippen molar-refractivity contribution in [3.8, 4) is 0 Å². The molecule has 0 saturated carbocycles. The Morgan fingerprint density at radius 2 is 1.91 bits per heavy atom. The van der Waals surface area contributed by atoms with Gasteiger partial charge in [-0.2, -0.15) is 0 Å². The number of benzene rings is 2. The Bertz CT molecular complexity index is 1190. The van der Waals surface area contributed by atoms with Crippen molar-refractivity contribution in [3.63, 3.8) is 0 Å². The third kappa shape index (κ3) is 4.75. The summed E-state index contributed by atoms with van der Waals surface area (Å²) < 4.78 is 27.9. The molecule has 6 nitrogen and oxygen atoms in total. The molecule has 1 aliphatic heterocycles. The maximum atomic E-state index is 13.4. The Morgan fingerprint density at radius 3 is 2.62 bits per heavy atom. The highest BCUT2D eigenvalue weighted by Gasteiger charge is 2.24. The van der Waals surface area contributed by atoms with Gasteiger partial charge in [0.15, 0.2) is 11.6 Å². The predicted molar refractivity (Wildman–Crippen MR) is 117 cm³/mol. The minimum Gasteiger partial charge on any atom is -0.324 e. The number of nitrogens with zero attached hydrogens (tertiary/aromatic N) is 3. The smallest absolute Gasteiger partial charge is 0.258 e. The molecule has 0 saturated heterocycles. The number of aryl methyl sites for hydroxylation is 1. The van der Waals surface area contributed by atoms with Crippen molar-refractivity contribution in [3.05, 3.63) is 93.2 Å². The van der Waals surface area contributed by atoms with Gasteiger partial charge in [-0.15, -0.1) is 0 Å². The number of carbonyl (C=O) groups excluding carboxylic acids is 1. The molecule has 0 fully saturated rings. The largest absolute Gasteiger partial charge is 0.324 e. The summed E-state index contributed by atoms with van der Waals surface area (Å²) in [4.78, 5) is 32.7. The Hall–Kier alpha value is -3.39. The number of anilines is 1. The van der Waals surface area contributed by atoms with E-state index in [2.05, 4.69) is 27.3 Å². The molecule has 0 atom stereocenters. The molecule has 1 aromatic heterocycles. The molecule has 8 heteroatoms. The van der Waals surface area contributed by atoms with Gasteiger partial charge in [-0.1, -0.05) is 37.3 Å². The summed E-state index contributed by atoms with van der Waals surface area (Å²) in [6, 6.07) is 13.2. The van der Waals surface area contributed by atoms with Gasteiger partial charge in [0, 0.05) is 44.2 Å². The molecule has 0 radical (unpaired) electrons. The summed E-state index contributed by atoms with van der Waals surface area (Å²) in [5.74, 6) is -2.02. The van der Waals surface area contributed by atoms with Crippen LogP contribution in [0.4, 0.5) is 14.5 Å². The zero-order valence-corrected chi connectivity index (χ0v) is 17.8. The van der Waals surface area contributed by atoms with Crippen LogP contribution in [0.1, 0.15) is 29.6 Å². The van der Waals surface area contributed by atoms with Crippen LogP contribution in [-0.2, 0) is 37.3 Å². The fourth-order valence-corrected chi connectivity index (χ4v) is 3.95. The van der Waals surface area contributed by atoms with Crippen molar-refractivity contribution in [2.45, 2.75) is 39.4 Å². The highest BCUT2D eigenvalue weighted by atomic mass is 19.2. The summed E-state index contributed by atoms with van der Waals surface area (Å²) in [6.45, 7) is 3.62. The standard InChI is InChI=1S/C24H24F2N4O2/c1-2-22-28-21-10-11-29(13-16-6-4-3-5-7-16)14-18(21)24(32)30(22)15-23(31)27-17-8-9-19(25)20(26)12-17/h3-9,12H,2,10-11,13-15H2,1H3,(H,27,31). The van der Waals surface area contributed by atoms with Gasteiger partial charge >= 0.3 is 0 Å². The van der Waals surface area contributed by atoms with Crippen LogP contribution >= 0.6 is 0 Å². The molecule has 4 rings (SSSR count). The highest BCUT2D eigenvalue weighted by Crippen LogP contribution is 2.18. The maximum absolute atomic E-state index is 13.4. The molecule has 1 amide bonds. The van der Waals surface area contributed by atoms with Crippen molar-refractivity contribution in [2.24, 2.45) is 0 Å². The number of hydrogen-bond donors (Lipinski definition) is 1. The lowest BCUT2D eigenvalue weighted by molar-refractivity contribution is -0.116. The van der Waals surface area contributed by atoms with E-state index in [0.717, 1.165) is 30.9 Å². The lowest BCUT2D eigenvalue weighted by Gasteiger charge is -2.28. The number of aromatic nitrogens is 2. The van der Waals surface area contributed by atoms with Crippen molar-refractivity contribution in [2.75, 3.05) is 11.9 Å². The molecule has 166 valence electrons. The van der Waals surface area contributed by atoms with Gasteiger partial charge in [-0.25, -0.2) is 13.8 Å². The molecule has 2 aromatic carbocycles. The third-order valence-electron chi connectivity index (χ3n) is 5.54. The van der Waals surface area contributed by atoms with Crippen molar-refractivity contribution >= 4 is 11.6 Å². The van der Waals surface area contributed by atoms with Gasteiger partial charge in [-0.3, -0.25) is 19.1 Å². The summed E-state index contributed by atoms with van der Waals surface area (Å²) in [5, 5.41) is 2.51. The Kier molecular flexibility index (Phi) is 6.41. The van der Waals surface area contributed by atoms with Crippen molar-refractivity contribution < 1.29 is 13.6 Å². The lowest BCUT2D eigenvalue weighted by Crippen LogP contribution is -2.40. The highest BCUT2D eigenvalue weighted by molar-refractivity contribution is 5.90. The summed E-state index contributed by atoms with van der Waals surface area (Å²) in [7, 11) is 0. The molecule has 0 aliphatic carbocycles. The van der Waals surface area contributed by atoms with E-state index in [1.807, 2.05) is 25.1 Å². The second-order valence-corrected chi connectivity index (χ2v) is 7.82. The normalized spacial score (nSPS) is 13.6. The Balaban J connectivity index is 1.55. The maximum Gasteiger partial charge on any atom is 0.258 e. The van der Waals surface area contributed by atoms with Gasteiger partial charge in [0.2, 0.25) is 5.91 Å². The van der Waals surface area contributed by atoms with Crippen LogP contribution in [0, 0.1) is 11.6 Å². The number of nitrogens with one attached hydrogen (secondary N) is 1. The molecule has 0 bridgehead atoms. The quantitative estimate of drug-likeness (QED) is 0.642. The van der Waals surface area contributed by atoms with Crippen LogP contribution < -0.4 is 10.9 Å². The Labute approximate surface area is 184 Å². The summed E-state index contributed by atoms with van der Waals surface area (Å²) >= 11 is 0. The van der Waals surface area contributed by atoms with Crippen LogP contribution in [0.5, 0.6) is 0 Å². The summed E-state index contributed by atoms with van der Waals surface area (Å²) in [5.41, 5.74) is 2.45. The third-order valence-corrected chi connectivity index (χ3v) is 5.54. The minimum absolute atomic E-state index is 0.125. The number of carbonyl (C=O) groups is 1. The number of hydrogen-bond acceptors (Lipinski definition) is 4. The van der Waals surface area contributed by atoms with E-state index < -0.39 is 17.5 Å². The first-order valence-corrected chi connectivity index (χ1v) is 10.6. The van der Waals surface area contributed by atoms with E-state index >= 15 is 0 Å². The van der Waals surface area contributed by atoms with E-state index in [1.165, 1.54) is 16.2 Å².